The Hall–Kier alpha value is -1.15. The van der Waals surface area contributed by atoms with Gasteiger partial charge in [0.05, 0.1) is 13.2 Å². The van der Waals surface area contributed by atoms with Crippen molar-refractivity contribution in [1.29, 1.82) is 0 Å². The number of thiophene rings is 1. The van der Waals surface area contributed by atoms with Gasteiger partial charge in [-0.1, -0.05) is 19.9 Å². The van der Waals surface area contributed by atoms with Crippen LogP contribution in [-0.2, 0) is 4.74 Å². The summed E-state index contributed by atoms with van der Waals surface area (Å²) < 4.78 is 5.56. The predicted molar refractivity (Wildman–Crippen MR) is 127 cm³/mol. The summed E-state index contributed by atoms with van der Waals surface area (Å²) in [5.74, 6) is 2.21. The molecule has 3 rings (SSSR count). The zero-order valence-electron chi connectivity index (χ0n) is 19.3. The average molecular weight is 436 g/mol. The lowest BCUT2D eigenvalue weighted by atomic mass is 9.88. The third-order valence-electron chi connectivity index (χ3n) is 6.41. The molecule has 30 heavy (non-hydrogen) atoms. The Morgan fingerprint density at radius 3 is 2.73 bits per heavy atom. The first-order chi connectivity index (χ1) is 14.6. The highest BCUT2D eigenvalue weighted by Crippen LogP contribution is 2.36. The second kappa shape index (κ2) is 12.0. The van der Waals surface area contributed by atoms with Crippen LogP contribution < -0.4 is 10.6 Å². The Labute approximate surface area is 187 Å². The number of rotatable bonds is 8. The quantitative estimate of drug-likeness (QED) is 0.486. The standard InChI is InChI=1S/C23H41N5OS/c1-18(2)15-20(28-10-12-29-13-11-28)17-26-23(24-3)25-16-19-7-5-9-27(4)22(19)21-8-6-14-30-21/h6,8,14,18-20,22H,5,7,9-13,15-17H2,1-4H3,(H2,24,25,26). The summed E-state index contributed by atoms with van der Waals surface area (Å²) >= 11 is 1.88. The molecule has 2 N–H and O–H groups in total. The van der Waals surface area contributed by atoms with Crippen LogP contribution in [0.3, 0.4) is 0 Å². The highest BCUT2D eigenvalue weighted by Gasteiger charge is 2.31. The van der Waals surface area contributed by atoms with E-state index in [9.17, 15) is 0 Å². The van der Waals surface area contributed by atoms with Crippen LogP contribution in [0, 0.1) is 11.8 Å². The molecule has 2 aliphatic heterocycles. The van der Waals surface area contributed by atoms with Gasteiger partial charge in [-0.15, -0.1) is 11.3 Å². The number of hydrogen-bond acceptors (Lipinski definition) is 5. The molecule has 0 spiro atoms. The van der Waals surface area contributed by atoms with Gasteiger partial charge in [0.2, 0.25) is 0 Å². The lowest BCUT2D eigenvalue weighted by Crippen LogP contribution is -2.51. The molecule has 3 atom stereocenters. The Morgan fingerprint density at radius 1 is 1.27 bits per heavy atom. The van der Waals surface area contributed by atoms with Gasteiger partial charge < -0.3 is 15.4 Å². The van der Waals surface area contributed by atoms with Crippen molar-refractivity contribution >= 4 is 17.3 Å². The SMILES string of the molecule is CN=C(NCC1CCCN(C)C1c1cccs1)NCC(CC(C)C)N1CCOCC1. The summed E-state index contributed by atoms with van der Waals surface area (Å²) in [7, 11) is 4.15. The monoisotopic (exact) mass is 435 g/mol. The van der Waals surface area contributed by atoms with Crippen molar-refractivity contribution in [3.63, 3.8) is 0 Å². The van der Waals surface area contributed by atoms with Gasteiger partial charge in [0.1, 0.15) is 0 Å². The van der Waals surface area contributed by atoms with Crippen molar-refractivity contribution in [3.05, 3.63) is 22.4 Å². The zero-order valence-corrected chi connectivity index (χ0v) is 20.1. The lowest BCUT2D eigenvalue weighted by Gasteiger charge is -2.39. The topological polar surface area (TPSA) is 52.1 Å². The Balaban J connectivity index is 1.54. The normalized spacial score (nSPS) is 25.4. The van der Waals surface area contributed by atoms with E-state index in [1.54, 1.807) is 0 Å². The Morgan fingerprint density at radius 2 is 2.07 bits per heavy atom. The first-order valence-corrected chi connectivity index (χ1v) is 12.5. The molecule has 0 radical (unpaired) electrons. The van der Waals surface area contributed by atoms with Crippen molar-refractivity contribution in [2.45, 2.75) is 45.2 Å². The van der Waals surface area contributed by atoms with Gasteiger partial charge in [0.25, 0.3) is 0 Å². The molecule has 6 nitrogen and oxygen atoms in total. The number of aliphatic imine (C=N–C) groups is 1. The molecule has 170 valence electrons. The molecule has 2 saturated heterocycles. The van der Waals surface area contributed by atoms with Crippen LogP contribution in [0.1, 0.15) is 44.0 Å². The third-order valence-corrected chi connectivity index (χ3v) is 7.35. The van der Waals surface area contributed by atoms with Gasteiger partial charge >= 0.3 is 0 Å². The summed E-state index contributed by atoms with van der Waals surface area (Å²) in [6.07, 6.45) is 3.72. The van der Waals surface area contributed by atoms with Crippen molar-refractivity contribution in [1.82, 2.24) is 20.4 Å². The molecule has 2 aliphatic rings. The molecule has 2 fully saturated rings. The van der Waals surface area contributed by atoms with Crippen LogP contribution in [0.2, 0.25) is 0 Å². The number of likely N-dealkylation sites (tertiary alicyclic amines) is 1. The van der Waals surface area contributed by atoms with Crippen molar-refractivity contribution in [3.8, 4) is 0 Å². The number of guanidine groups is 1. The maximum atomic E-state index is 5.56. The van der Waals surface area contributed by atoms with Gasteiger partial charge in [0, 0.05) is 50.2 Å². The fraction of sp³-hybridized carbons (Fsp3) is 0.783. The highest BCUT2D eigenvalue weighted by molar-refractivity contribution is 7.10. The number of morpholine rings is 1. The van der Waals surface area contributed by atoms with E-state index in [4.69, 9.17) is 4.74 Å². The maximum Gasteiger partial charge on any atom is 0.191 e. The number of hydrogen-bond donors (Lipinski definition) is 2. The molecular formula is C23H41N5OS. The summed E-state index contributed by atoms with van der Waals surface area (Å²) in [5, 5.41) is 9.45. The fourth-order valence-electron chi connectivity index (χ4n) is 4.89. The van der Waals surface area contributed by atoms with Crippen molar-refractivity contribution < 1.29 is 4.74 Å². The minimum absolute atomic E-state index is 0.506. The molecule has 1 aromatic heterocycles. The molecule has 0 aliphatic carbocycles. The van der Waals surface area contributed by atoms with Crippen LogP contribution in [0.15, 0.2) is 22.5 Å². The molecular weight excluding hydrogens is 394 g/mol. The summed E-state index contributed by atoms with van der Waals surface area (Å²) in [6.45, 7) is 11.4. The summed E-state index contributed by atoms with van der Waals surface area (Å²) in [4.78, 5) is 11.1. The lowest BCUT2D eigenvalue weighted by molar-refractivity contribution is 0.0132. The third kappa shape index (κ3) is 6.67. The van der Waals surface area contributed by atoms with E-state index < -0.39 is 0 Å². The predicted octanol–water partition coefficient (Wildman–Crippen LogP) is 3.04. The maximum absolute atomic E-state index is 5.56. The van der Waals surface area contributed by atoms with Gasteiger partial charge in [-0.05, 0) is 56.1 Å². The fourth-order valence-corrected chi connectivity index (χ4v) is 5.88. The summed E-state index contributed by atoms with van der Waals surface area (Å²) in [5.41, 5.74) is 0. The summed E-state index contributed by atoms with van der Waals surface area (Å²) in [6, 6.07) is 5.49. The van der Waals surface area contributed by atoms with Gasteiger partial charge in [0.15, 0.2) is 5.96 Å². The smallest absolute Gasteiger partial charge is 0.191 e. The molecule has 3 unspecified atom stereocenters. The molecule has 3 heterocycles. The van der Waals surface area contributed by atoms with Crippen LogP contribution in [0.4, 0.5) is 0 Å². The van der Waals surface area contributed by atoms with Gasteiger partial charge in [-0.2, -0.15) is 0 Å². The molecule has 0 aromatic carbocycles. The molecule has 1 aromatic rings. The number of nitrogens with zero attached hydrogens (tertiary/aromatic N) is 3. The van der Waals surface area contributed by atoms with E-state index in [0.29, 0.717) is 23.9 Å². The number of piperidine rings is 1. The van der Waals surface area contributed by atoms with Crippen LogP contribution in [0.25, 0.3) is 0 Å². The van der Waals surface area contributed by atoms with Crippen molar-refractivity contribution in [2.75, 3.05) is 60.0 Å². The van der Waals surface area contributed by atoms with Crippen LogP contribution in [-0.4, -0.2) is 81.8 Å². The van der Waals surface area contributed by atoms with E-state index in [-0.39, 0.29) is 0 Å². The number of ether oxygens (including phenoxy) is 1. The largest absolute Gasteiger partial charge is 0.379 e. The minimum Gasteiger partial charge on any atom is -0.379 e. The van der Waals surface area contributed by atoms with E-state index >= 15 is 0 Å². The Kier molecular flexibility index (Phi) is 9.43. The zero-order chi connectivity index (χ0) is 21.3. The molecule has 0 amide bonds. The second-order valence-corrected chi connectivity index (χ2v) is 10.1. The molecule has 7 heteroatoms. The van der Waals surface area contributed by atoms with Gasteiger partial charge in [-0.3, -0.25) is 14.8 Å². The average Bonchev–Trinajstić information content (AvgIpc) is 3.27. The first kappa shape index (κ1) is 23.5. The van der Waals surface area contributed by atoms with E-state index in [0.717, 1.165) is 45.4 Å². The second-order valence-electron chi connectivity index (χ2n) is 9.11. The molecule has 0 saturated carbocycles. The first-order valence-electron chi connectivity index (χ1n) is 11.6. The van der Waals surface area contributed by atoms with E-state index in [1.807, 2.05) is 18.4 Å². The number of nitrogens with one attached hydrogen (secondary N) is 2. The minimum atomic E-state index is 0.506. The molecule has 0 bridgehead atoms. The van der Waals surface area contributed by atoms with E-state index in [2.05, 4.69) is 63.8 Å². The van der Waals surface area contributed by atoms with Gasteiger partial charge in [-0.25, -0.2) is 0 Å². The highest BCUT2D eigenvalue weighted by atomic mass is 32.1. The van der Waals surface area contributed by atoms with Crippen LogP contribution >= 0.6 is 11.3 Å². The van der Waals surface area contributed by atoms with Crippen molar-refractivity contribution in [2.24, 2.45) is 16.8 Å². The van der Waals surface area contributed by atoms with Crippen LogP contribution in [0.5, 0.6) is 0 Å². The Bertz CT molecular complexity index is 630. The van der Waals surface area contributed by atoms with E-state index in [1.165, 1.54) is 30.7 Å².